The fourth-order valence-corrected chi connectivity index (χ4v) is 2.97. The van der Waals surface area contributed by atoms with E-state index in [0.29, 0.717) is 6.04 Å². The van der Waals surface area contributed by atoms with E-state index >= 15 is 0 Å². The number of nitrogens with one attached hydrogen (secondary N) is 1. The molecule has 0 bridgehead atoms. The average molecular weight is 283 g/mol. The van der Waals surface area contributed by atoms with Crippen molar-refractivity contribution in [2.45, 2.75) is 29.7 Å². The molecule has 0 saturated carbocycles. The van der Waals surface area contributed by atoms with Crippen LogP contribution in [-0.4, -0.2) is 16.0 Å². The third kappa shape index (κ3) is 3.61. The van der Waals surface area contributed by atoms with Crippen LogP contribution in [-0.2, 0) is 5.75 Å². The molecule has 3 nitrogen and oxygen atoms in total. The van der Waals surface area contributed by atoms with Crippen molar-refractivity contribution >= 4 is 17.6 Å². The standard InChI is InChI=1S/C16H17N3S/c1-2-6-13(7-3-1)12-20-16-11-17-10-15(19-16)18-14-8-4-5-9-14/h1-7,10-11,14H,8-9,12H2,(H,18,19). The Morgan fingerprint density at radius 2 is 1.90 bits per heavy atom. The van der Waals surface area contributed by atoms with E-state index in [4.69, 9.17) is 0 Å². The number of thioether (sulfide) groups is 1. The van der Waals surface area contributed by atoms with Gasteiger partial charge in [0.1, 0.15) is 10.8 Å². The van der Waals surface area contributed by atoms with Gasteiger partial charge in [0.25, 0.3) is 0 Å². The zero-order valence-electron chi connectivity index (χ0n) is 11.2. The molecular weight excluding hydrogens is 266 g/mol. The van der Waals surface area contributed by atoms with Gasteiger partial charge in [-0.15, -0.1) is 11.8 Å². The maximum Gasteiger partial charge on any atom is 0.146 e. The van der Waals surface area contributed by atoms with Gasteiger partial charge in [0, 0.05) is 11.8 Å². The van der Waals surface area contributed by atoms with Gasteiger partial charge in [-0.3, -0.25) is 4.98 Å². The summed E-state index contributed by atoms with van der Waals surface area (Å²) in [7, 11) is 0. The summed E-state index contributed by atoms with van der Waals surface area (Å²) in [6, 6.07) is 10.9. The number of nitrogens with zero attached hydrogens (tertiary/aromatic N) is 2. The monoisotopic (exact) mass is 283 g/mol. The molecule has 4 heteroatoms. The summed E-state index contributed by atoms with van der Waals surface area (Å²) < 4.78 is 0. The third-order valence-electron chi connectivity index (χ3n) is 3.20. The Balaban J connectivity index is 1.59. The Hall–Kier alpha value is -1.81. The molecule has 20 heavy (non-hydrogen) atoms. The van der Waals surface area contributed by atoms with Crippen LogP contribution in [0.3, 0.4) is 0 Å². The van der Waals surface area contributed by atoms with Crippen LogP contribution in [0.5, 0.6) is 0 Å². The number of rotatable bonds is 5. The highest BCUT2D eigenvalue weighted by atomic mass is 32.2. The first-order valence-corrected chi connectivity index (χ1v) is 7.79. The van der Waals surface area contributed by atoms with E-state index in [1.165, 1.54) is 5.56 Å². The van der Waals surface area contributed by atoms with Crippen molar-refractivity contribution in [3.8, 4) is 0 Å². The summed E-state index contributed by atoms with van der Waals surface area (Å²) in [5.41, 5.74) is 1.30. The molecule has 1 aliphatic rings. The van der Waals surface area contributed by atoms with Crippen LogP contribution in [0.2, 0.25) is 0 Å². The summed E-state index contributed by atoms with van der Waals surface area (Å²) in [6.07, 6.45) is 10.2. The molecule has 1 aliphatic carbocycles. The van der Waals surface area contributed by atoms with E-state index in [1.54, 1.807) is 18.0 Å². The van der Waals surface area contributed by atoms with Crippen LogP contribution < -0.4 is 5.32 Å². The summed E-state index contributed by atoms with van der Waals surface area (Å²) in [5, 5.41) is 4.39. The summed E-state index contributed by atoms with van der Waals surface area (Å²) in [4.78, 5) is 8.89. The molecule has 1 heterocycles. The third-order valence-corrected chi connectivity index (χ3v) is 4.17. The van der Waals surface area contributed by atoms with E-state index < -0.39 is 0 Å². The number of aromatic nitrogens is 2. The van der Waals surface area contributed by atoms with Crippen molar-refractivity contribution in [3.63, 3.8) is 0 Å². The molecule has 1 aromatic heterocycles. The Morgan fingerprint density at radius 3 is 2.70 bits per heavy atom. The van der Waals surface area contributed by atoms with Gasteiger partial charge in [0.05, 0.1) is 12.4 Å². The molecule has 2 aromatic rings. The van der Waals surface area contributed by atoms with Crippen LogP contribution in [0.1, 0.15) is 18.4 Å². The second-order valence-corrected chi connectivity index (χ2v) is 5.80. The van der Waals surface area contributed by atoms with E-state index in [-0.39, 0.29) is 0 Å². The lowest BCUT2D eigenvalue weighted by Gasteiger charge is -2.12. The number of benzene rings is 1. The molecule has 0 spiro atoms. The molecule has 1 aromatic carbocycles. The number of hydrogen-bond donors (Lipinski definition) is 1. The van der Waals surface area contributed by atoms with Crippen molar-refractivity contribution in [2.24, 2.45) is 0 Å². The predicted octanol–water partition coefficient (Wildman–Crippen LogP) is 3.90. The Bertz CT molecular complexity index is 575. The molecule has 0 radical (unpaired) electrons. The van der Waals surface area contributed by atoms with Gasteiger partial charge in [0.2, 0.25) is 0 Å². The minimum absolute atomic E-state index is 0.471. The predicted molar refractivity (Wildman–Crippen MR) is 83.8 cm³/mol. The molecule has 3 rings (SSSR count). The van der Waals surface area contributed by atoms with E-state index in [0.717, 1.165) is 29.4 Å². The quantitative estimate of drug-likeness (QED) is 0.667. The van der Waals surface area contributed by atoms with E-state index in [2.05, 4.69) is 51.7 Å². The minimum Gasteiger partial charge on any atom is -0.365 e. The maximum atomic E-state index is 4.61. The molecule has 0 amide bonds. The Labute approximate surface area is 123 Å². The normalized spacial score (nSPS) is 14.6. The lowest BCUT2D eigenvalue weighted by molar-refractivity contribution is 0.776. The first kappa shape index (κ1) is 13.2. The van der Waals surface area contributed by atoms with Crippen molar-refractivity contribution in [1.82, 2.24) is 9.97 Å². The van der Waals surface area contributed by atoms with Crippen molar-refractivity contribution in [2.75, 3.05) is 5.32 Å². The smallest absolute Gasteiger partial charge is 0.146 e. The van der Waals surface area contributed by atoms with Crippen molar-refractivity contribution in [1.29, 1.82) is 0 Å². The first-order valence-electron chi connectivity index (χ1n) is 6.80. The van der Waals surface area contributed by atoms with Crippen molar-refractivity contribution in [3.05, 3.63) is 60.4 Å². The average Bonchev–Trinajstić information content (AvgIpc) is 3.00. The molecule has 0 unspecified atom stereocenters. The molecule has 0 aliphatic heterocycles. The summed E-state index contributed by atoms with van der Waals surface area (Å²) >= 11 is 1.72. The van der Waals surface area contributed by atoms with Gasteiger partial charge in [-0.1, -0.05) is 42.5 Å². The highest BCUT2D eigenvalue weighted by molar-refractivity contribution is 7.98. The van der Waals surface area contributed by atoms with E-state index in [1.807, 2.05) is 12.3 Å². The van der Waals surface area contributed by atoms with Crippen LogP contribution in [0.25, 0.3) is 0 Å². The first-order chi connectivity index (χ1) is 9.90. The molecule has 0 fully saturated rings. The highest BCUT2D eigenvalue weighted by Crippen LogP contribution is 2.22. The van der Waals surface area contributed by atoms with Crippen LogP contribution in [0.4, 0.5) is 5.82 Å². The SMILES string of the molecule is C1=CCC(Nc2cncc(SCc3ccccc3)n2)C1. The van der Waals surface area contributed by atoms with Gasteiger partial charge in [-0.25, -0.2) is 4.98 Å². The molecule has 0 saturated heterocycles. The van der Waals surface area contributed by atoms with Crippen LogP contribution >= 0.6 is 11.8 Å². The van der Waals surface area contributed by atoms with Crippen molar-refractivity contribution < 1.29 is 0 Å². The van der Waals surface area contributed by atoms with Gasteiger partial charge in [-0.05, 0) is 18.4 Å². The lowest BCUT2D eigenvalue weighted by Crippen LogP contribution is -2.16. The number of anilines is 1. The summed E-state index contributed by atoms with van der Waals surface area (Å²) in [6.45, 7) is 0. The van der Waals surface area contributed by atoms with Gasteiger partial charge in [-0.2, -0.15) is 0 Å². The molecule has 0 atom stereocenters. The fourth-order valence-electron chi connectivity index (χ4n) is 2.16. The second kappa shape index (κ2) is 6.57. The Kier molecular flexibility index (Phi) is 4.33. The van der Waals surface area contributed by atoms with E-state index in [9.17, 15) is 0 Å². The lowest BCUT2D eigenvalue weighted by atomic mass is 10.2. The van der Waals surface area contributed by atoms with Crippen LogP contribution in [0.15, 0.2) is 59.9 Å². The zero-order valence-corrected chi connectivity index (χ0v) is 12.0. The largest absolute Gasteiger partial charge is 0.365 e. The van der Waals surface area contributed by atoms with Crippen LogP contribution in [0, 0.1) is 0 Å². The molecular formula is C16H17N3S. The Morgan fingerprint density at radius 1 is 1.10 bits per heavy atom. The molecule has 1 N–H and O–H groups in total. The van der Waals surface area contributed by atoms with Gasteiger partial charge in [0.15, 0.2) is 0 Å². The van der Waals surface area contributed by atoms with Gasteiger partial charge < -0.3 is 5.32 Å². The fraction of sp³-hybridized carbons (Fsp3) is 0.250. The summed E-state index contributed by atoms with van der Waals surface area (Å²) in [5.74, 6) is 1.79. The maximum absolute atomic E-state index is 4.61. The minimum atomic E-state index is 0.471. The highest BCUT2D eigenvalue weighted by Gasteiger charge is 2.10. The number of hydrogen-bond acceptors (Lipinski definition) is 4. The second-order valence-electron chi connectivity index (χ2n) is 4.80. The topological polar surface area (TPSA) is 37.8 Å². The molecule has 102 valence electrons. The zero-order chi connectivity index (χ0) is 13.6. The van der Waals surface area contributed by atoms with Gasteiger partial charge >= 0.3 is 0 Å².